The summed E-state index contributed by atoms with van der Waals surface area (Å²) < 4.78 is 9.40. The van der Waals surface area contributed by atoms with Crippen LogP contribution in [-0.4, -0.2) is 17.5 Å². The van der Waals surface area contributed by atoms with E-state index in [4.69, 9.17) is 4.74 Å². The number of fused-ring (bicyclic) bond motifs is 1. The molecule has 0 aliphatic carbocycles. The van der Waals surface area contributed by atoms with Gasteiger partial charge < -0.3 is 10.1 Å². The fourth-order valence-corrected chi connectivity index (χ4v) is 2.51. The summed E-state index contributed by atoms with van der Waals surface area (Å²) in [5, 5.41) is 2.42. The van der Waals surface area contributed by atoms with E-state index in [9.17, 15) is 4.79 Å². The summed E-state index contributed by atoms with van der Waals surface area (Å²) >= 11 is 0. The first-order valence-electron chi connectivity index (χ1n) is 7.07. The van der Waals surface area contributed by atoms with Gasteiger partial charge in [-0.15, -0.1) is 0 Å². The zero-order valence-electron chi connectivity index (χ0n) is 12.8. The molecule has 0 bridgehead atoms. The molecule has 5 nitrogen and oxygen atoms in total. The number of aromatic nitrogens is 2. The summed E-state index contributed by atoms with van der Waals surface area (Å²) in [6, 6.07) is 13.7. The van der Waals surface area contributed by atoms with Crippen LogP contribution in [0.1, 0.15) is 5.69 Å². The zero-order valence-corrected chi connectivity index (χ0v) is 12.8. The molecule has 1 N–H and O–H groups in total. The maximum atomic E-state index is 11.2. The van der Waals surface area contributed by atoms with Crippen molar-refractivity contribution in [2.24, 2.45) is 7.05 Å². The summed E-state index contributed by atoms with van der Waals surface area (Å²) in [7, 11) is 3.57. The van der Waals surface area contributed by atoms with Crippen molar-refractivity contribution in [2.75, 3.05) is 7.05 Å². The predicted molar refractivity (Wildman–Crippen MR) is 83.8 cm³/mol. The Bertz CT molecular complexity index is 835. The lowest BCUT2D eigenvalue weighted by Gasteiger charge is -2.03. The number of aryl methyl sites for hydroxylation is 2. The number of carbonyl (C=O) groups is 1. The van der Waals surface area contributed by atoms with Gasteiger partial charge in [-0.1, -0.05) is 6.07 Å². The number of hydrogen-bond acceptors (Lipinski definition) is 2. The number of nitrogens with zero attached hydrogens (tertiary/aromatic N) is 2. The van der Waals surface area contributed by atoms with E-state index in [1.807, 2.05) is 19.2 Å². The van der Waals surface area contributed by atoms with E-state index in [0.717, 1.165) is 16.9 Å². The van der Waals surface area contributed by atoms with Crippen LogP contribution >= 0.6 is 0 Å². The van der Waals surface area contributed by atoms with E-state index in [1.54, 1.807) is 12.1 Å². The van der Waals surface area contributed by atoms with Crippen LogP contribution in [0.5, 0.6) is 5.75 Å². The Morgan fingerprint density at radius 2 is 1.91 bits per heavy atom. The number of imidazole rings is 1. The highest BCUT2D eigenvalue weighted by atomic mass is 16.5. The van der Waals surface area contributed by atoms with Gasteiger partial charge in [-0.3, -0.25) is 0 Å². The average Bonchev–Trinajstić information content (AvgIpc) is 2.87. The minimum atomic E-state index is -0.469. The number of benzene rings is 1. The van der Waals surface area contributed by atoms with Gasteiger partial charge in [0.2, 0.25) is 0 Å². The SMILES string of the molecule is CNC(=O)Oc1ccc(-c2cn3c(C)cccc3[n+]2C)cc1. The third kappa shape index (κ3) is 2.41. The van der Waals surface area contributed by atoms with Gasteiger partial charge in [-0.05, 0) is 37.3 Å². The van der Waals surface area contributed by atoms with Crippen LogP contribution in [0.4, 0.5) is 4.79 Å². The number of pyridine rings is 1. The quantitative estimate of drug-likeness (QED) is 0.738. The van der Waals surface area contributed by atoms with Crippen LogP contribution in [0.3, 0.4) is 0 Å². The third-order valence-corrected chi connectivity index (χ3v) is 3.73. The van der Waals surface area contributed by atoms with E-state index < -0.39 is 6.09 Å². The molecule has 0 radical (unpaired) electrons. The van der Waals surface area contributed by atoms with Crippen LogP contribution in [0.25, 0.3) is 16.9 Å². The lowest BCUT2D eigenvalue weighted by Crippen LogP contribution is -2.29. The predicted octanol–water partition coefficient (Wildman–Crippen LogP) is 2.46. The van der Waals surface area contributed by atoms with Crippen molar-refractivity contribution in [1.82, 2.24) is 9.72 Å². The monoisotopic (exact) mass is 296 g/mol. The Balaban J connectivity index is 1.99. The molecule has 0 aliphatic rings. The normalized spacial score (nSPS) is 10.7. The number of hydrogen-bond donors (Lipinski definition) is 1. The second-order valence-corrected chi connectivity index (χ2v) is 5.13. The highest BCUT2D eigenvalue weighted by molar-refractivity contribution is 5.70. The molecule has 3 aromatic rings. The summed E-state index contributed by atoms with van der Waals surface area (Å²) in [4.78, 5) is 11.2. The van der Waals surface area contributed by atoms with Gasteiger partial charge >= 0.3 is 6.09 Å². The second kappa shape index (κ2) is 5.52. The van der Waals surface area contributed by atoms with Crippen molar-refractivity contribution in [3.8, 4) is 17.0 Å². The van der Waals surface area contributed by atoms with Crippen molar-refractivity contribution >= 4 is 11.7 Å². The fourth-order valence-electron chi connectivity index (χ4n) is 2.51. The molecule has 0 unspecified atom stereocenters. The van der Waals surface area contributed by atoms with Gasteiger partial charge in [0.15, 0.2) is 5.69 Å². The Kier molecular flexibility index (Phi) is 3.55. The van der Waals surface area contributed by atoms with Gasteiger partial charge in [0, 0.05) is 18.7 Å². The molecule has 0 fully saturated rings. The number of amides is 1. The van der Waals surface area contributed by atoms with E-state index >= 15 is 0 Å². The molecule has 5 heteroatoms. The zero-order chi connectivity index (χ0) is 15.7. The molecule has 0 spiro atoms. The molecule has 2 aromatic heterocycles. The van der Waals surface area contributed by atoms with Crippen LogP contribution in [0, 0.1) is 6.92 Å². The lowest BCUT2D eigenvalue weighted by molar-refractivity contribution is -0.633. The molecule has 112 valence electrons. The molecule has 3 rings (SSSR count). The van der Waals surface area contributed by atoms with Gasteiger partial charge in [0.05, 0.1) is 7.05 Å². The van der Waals surface area contributed by atoms with E-state index in [1.165, 1.54) is 12.7 Å². The second-order valence-electron chi connectivity index (χ2n) is 5.13. The van der Waals surface area contributed by atoms with Crippen LogP contribution < -0.4 is 14.6 Å². The first-order chi connectivity index (χ1) is 10.6. The number of nitrogens with one attached hydrogen (secondary N) is 1. The first-order valence-corrected chi connectivity index (χ1v) is 7.07. The summed E-state index contributed by atoms with van der Waals surface area (Å²) in [6.45, 7) is 2.08. The Hall–Kier alpha value is -2.82. The maximum Gasteiger partial charge on any atom is 0.412 e. The molecule has 1 aromatic carbocycles. The Morgan fingerprint density at radius 3 is 2.55 bits per heavy atom. The van der Waals surface area contributed by atoms with Crippen molar-refractivity contribution in [3.05, 3.63) is 54.4 Å². The topological polar surface area (TPSA) is 46.6 Å². The molecule has 1 amide bonds. The summed E-state index contributed by atoms with van der Waals surface area (Å²) in [5.41, 5.74) is 4.47. The van der Waals surface area contributed by atoms with Crippen molar-refractivity contribution in [3.63, 3.8) is 0 Å². The molecule has 2 heterocycles. The smallest absolute Gasteiger partial charge is 0.410 e. The van der Waals surface area contributed by atoms with Gasteiger partial charge in [-0.25, -0.2) is 9.36 Å². The van der Waals surface area contributed by atoms with Crippen molar-refractivity contribution in [1.29, 1.82) is 0 Å². The standard InChI is InChI=1S/C17H17N3O2/c1-12-5-4-6-16-19(3)15(11-20(12)16)13-7-9-14(10-8-13)22-17(21)18-2/h4-11H,1-3H3/p+1. The Labute approximate surface area is 128 Å². The molecular formula is C17H18N3O2+. The van der Waals surface area contributed by atoms with Crippen molar-refractivity contribution < 1.29 is 14.1 Å². The number of rotatable bonds is 2. The largest absolute Gasteiger partial charge is 0.412 e. The van der Waals surface area contributed by atoms with Crippen LogP contribution in [0.2, 0.25) is 0 Å². The van der Waals surface area contributed by atoms with Gasteiger partial charge in [0.1, 0.15) is 17.6 Å². The fraction of sp³-hybridized carbons (Fsp3) is 0.176. The van der Waals surface area contributed by atoms with E-state index in [0.29, 0.717) is 5.75 Å². The molecule has 0 aliphatic heterocycles. The maximum absolute atomic E-state index is 11.2. The summed E-state index contributed by atoms with van der Waals surface area (Å²) in [5.74, 6) is 0.519. The minimum Gasteiger partial charge on any atom is -0.410 e. The minimum absolute atomic E-state index is 0.469. The number of ether oxygens (including phenoxy) is 1. The van der Waals surface area contributed by atoms with Gasteiger partial charge in [0.25, 0.3) is 5.65 Å². The highest BCUT2D eigenvalue weighted by Gasteiger charge is 2.17. The Morgan fingerprint density at radius 1 is 1.18 bits per heavy atom. The first kappa shape index (κ1) is 14.1. The molecule has 0 saturated carbocycles. The van der Waals surface area contributed by atoms with Crippen molar-refractivity contribution in [2.45, 2.75) is 6.92 Å². The average molecular weight is 296 g/mol. The number of carbonyl (C=O) groups excluding carboxylic acids is 1. The molecule has 22 heavy (non-hydrogen) atoms. The van der Waals surface area contributed by atoms with Crippen LogP contribution in [0.15, 0.2) is 48.7 Å². The molecule has 0 atom stereocenters. The molecular weight excluding hydrogens is 278 g/mol. The van der Waals surface area contributed by atoms with Gasteiger partial charge in [-0.2, -0.15) is 4.40 Å². The van der Waals surface area contributed by atoms with E-state index in [-0.39, 0.29) is 0 Å². The lowest BCUT2D eigenvalue weighted by atomic mass is 10.1. The van der Waals surface area contributed by atoms with Crippen LogP contribution in [-0.2, 0) is 7.05 Å². The van der Waals surface area contributed by atoms with E-state index in [2.05, 4.69) is 45.6 Å². The highest BCUT2D eigenvalue weighted by Crippen LogP contribution is 2.21. The third-order valence-electron chi connectivity index (χ3n) is 3.73. The summed E-state index contributed by atoms with van der Waals surface area (Å²) in [6.07, 6.45) is 1.64. The molecule has 0 saturated heterocycles.